The molecular formula is C13H25N3O3. The summed E-state index contributed by atoms with van der Waals surface area (Å²) in [6, 6.07) is 0.0955. The summed E-state index contributed by atoms with van der Waals surface area (Å²) in [5, 5.41) is 2.90. The van der Waals surface area contributed by atoms with Crippen LogP contribution in [0.25, 0.3) is 0 Å². The van der Waals surface area contributed by atoms with Gasteiger partial charge in [0.15, 0.2) is 0 Å². The molecule has 2 amide bonds. The third kappa shape index (κ3) is 5.57. The number of carbonyl (C=O) groups is 2. The highest BCUT2D eigenvalue weighted by atomic mass is 16.5. The molecule has 1 aliphatic rings. The second kappa shape index (κ2) is 8.12. The molecule has 0 aromatic rings. The molecule has 0 bridgehead atoms. The number of nitrogens with two attached hydrogens (primary N) is 1. The number of rotatable bonds is 6. The Morgan fingerprint density at radius 3 is 2.58 bits per heavy atom. The zero-order valence-corrected chi connectivity index (χ0v) is 11.9. The molecule has 6 nitrogen and oxygen atoms in total. The highest BCUT2D eigenvalue weighted by Crippen LogP contribution is 2.12. The van der Waals surface area contributed by atoms with Gasteiger partial charge in [-0.1, -0.05) is 6.92 Å². The SMILES string of the molecule is CCC(N)CC(=O)N1CCC(NC(=O)COC)CC1. The molecule has 0 saturated carbocycles. The number of hydrogen-bond acceptors (Lipinski definition) is 4. The highest BCUT2D eigenvalue weighted by Gasteiger charge is 2.24. The molecule has 1 fully saturated rings. The van der Waals surface area contributed by atoms with Crippen molar-refractivity contribution >= 4 is 11.8 Å². The van der Waals surface area contributed by atoms with Crippen LogP contribution in [0.15, 0.2) is 0 Å². The van der Waals surface area contributed by atoms with Crippen molar-refractivity contribution in [2.24, 2.45) is 5.73 Å². The molecule has 1 heterocycles. The van der Waals surface area contributed by atoms with E-state index in [0.717, 1.165) is 19.3 Å². The van der Waals surface area contributed by atoms with E-state index in [1.54, 1.807) is 0 Å². The Morgan fingerprint density at radius 2 is 2.05 bits per heavy atom. The number of likely N-dealkylation sites (tertiary alicyclic amines) is 1. The number of nitrogens with zero attached hydrogens (tertiary/aromatic N) is 1. The molecule has 0 radical (unpaired) electrons. The predicted molar refractivity (Wildman–Crippen MR) is 72.5 cm³/mol. The standard InChI is InChI=1S/C13H25N3O3/c1-3-10(14)8-13(18)16-6-4-11(5-7-16)15-12(17)9-19-2/h10-11H,3-9,14H2,1-2H3,(H,15,17). The zero-order valence-electron chi connectivity index (χ0n) is 11.9. The van der Waals surface area contributed by atoms with Gasteiger partial charge in [0.05, 0.1) is 0 Å². The Balaban J connectivity index is 2.28. The van der Waals surface area contributed by atoms with Crippen LogP contribution in [-0.2, 0) is 14.3 Å². The van der Waals surface area contributed by atoms with Crippen molar-refractivity contribution in [1.82, 2.24) is 10.2 Å². The molecular weight excluding hydrogens is 246 g/mol. The molecule has 1 rings (SSSR count). The van der Waals surface area contributed by atoms with E-state index in [1.165, 1.54) is 7.11 Å². The lowest BCUT2D eigenvalue weighted by molar-refractivity contribution is -0.132. The first kappa shape index (κ1) is 15.9. The summed E-state index contributed by atoms with van der Waals surface area (Å²) in [6.07, 6.45) is 2.82. The Kier molecular flexibility index (Phi) is 6.80. The minimum atomic E-state index is -0.0970. The summed E-state index contributed by atoms with van der Waals surface area (Å²) >= 11 is 0. The topological polar surface area (TPSA) is 84.7 Å². The molecule has 19 heavy (non-hydrogen) atoms. The normalized spacial score (nSPS) is 18.2. The third-order valence-electron chi connectivity index (χ3n) is 3.45. The van der Waals surface area contributed by atoms with E-state index in [2.05, 4.69) is 5.32 Å². The number of carbonyl (C=O) groups excluding carboxylic acids is 2. The van der Waals surface area contributed by atoms with Crippen LogP contribution in [0.3, 0.4) is 0 Å². The van der Waals surface area contributed by atoms with Crippen LogP contribution in [0.1, 0.15) is 32.6 Å². The second-order valence-electron chi connectivity index (χ2n) is 5.03. The molecule has 3 N–H and O–H groups in total. The summed E-state index contributed by atoms with van der Waals surface area (Å²) in [5.74, 6) is 0.0244. The predicted octanol–water partition coefficient (Wildman–Crippen LogP) is -0.133. The second-order valence-corrected chi connectivity index (χ2v) is 5.03. The fourth-order valence-electron chi connectivity index (χ4n) is 2.17. The van der Waals surface area contributed by atoms with Gasteiger partial charge in [-0.05, 0) is 19.3 Å². The fourth-order valence-corrected chi connectivity index (χ4v) is 2.17. The van der Waals surface area contributed by atoms with Gasteiger partial charge in [-0.3, -0.25) is 9.59 Å². The van der Waals surface area contributed by atoms with E-state index in [1.807, 2.05) is 11.8 Å². The van der Waals surface area contributed by atoms with E-state index in [4.69, 9.17) is 10.5 Å². The van der Waals surface area contributed by atoms with Crippen LogP contribution in [0, 0.1) is 0 Å². The van der Waals surface area contributed by atoms with Crippen LogP contribution in [-0.4, -0.2) is 55.6 Å². The lowest BCUT2D eigenvalue weighted by Gasteiger charge is -2.33. The van der Waals surface area contributed by atoms with Crippen molar-refractivity contribution in [3.63, 3.8) is 0 Å². The Bertz CT molecular complexity index is 302. The van der Waals surface area contributed by atoms with E-state index < -0.39 is 0 Å². The van der Waals surface area contributed by atoms with Crippen LogP contribution >= 0.6 is 0 Å². The maximum Gasteiger partial charge on any atom is 0.246 e. The van der Waals surface area contributed by atoms with Crippen molar-refractivity contribution in [2.45, 2.75) is 44.7 Å². The smallest absolute Gasteiger partial charge is 0.246 e. The number of piperidine rings is 1. The maximum atomic E-state index is 11.9. The fraction of sp³-hybridized carbons (Fsp3) is 0.846. The quantitative estimate of drug-likeness (QED) is 0.704. The molecule has 110 valence electrons. The molecule has 1 aliphatic heterocycles. The van der Waals surface area contributed by atoms with Crippen LogP contribution in [0.5, 0.6) is 0 Å². The summed E-state index contributed by atoms with van der Waals surface area (Å²) in [7, 11) is 1.50. The summed E-state index contributed by atoms with van der Waals surface area (Å²) in [6.45, 7) is 3.44. The molecule has 0 spiro atoms. The average Bonchev–Trinajstić information content (AvgIpc) is 2.39. The van der Waals surface area contributed by atoms with Crippen LogP contribution < -0.4 is 11.1 Å². The largest absolute Gasteiger partial charge is 0.375 e. The van der Waals surface area contributed by atoms with Crippen molar-refractivity contribution in [3.8, 4) is 0 Å². The number of hydrogen-bond donors (Lipinski definition) is 2. The van der Waals surface area contributed by atoms with Crippen LogP contribution in [0.2, 0.25) is 0 Å². The van der Waals surface area contributed by atoms with Gasteiger partial charge in [-0.2, -0.15) is 0 Å². The number of methoxy groups -OCH3 is 1. The third-order valence-corrected chi connectivity index (χ3v) is 3.45. The molecule has 0 aromatic carbocycles. The van der Waals surface area contributed by atoms with Gasteiger partial charge in [0.2, 0.25) is 11.8 Å². The molecule has 1 saturated heterocycles. The van der Waals surface area contributed by atoms with Gasteiger partial charge in [-0.25, -0.2) is 0 Å². The minimum absolute atomic E-state index is 0.0494. The van der Waals surface area contributed by atoms with Gasteiger partial charge in [0, 0.05) is 38.7 Å². The van der Waals surface area contributed by atoms with Crippen molar-refractivity contribution in [2.75, 3.05) is 26.8 Å². The van der Waals surface area contributed by atoms with E-state index in [0.29, 0.717) is 19.5 Å². The van der Waals surface area contributed by atoms with Gasteiger partial charge in [-0.15, -0.1) is 0 Å². The summed E-state index contributed by atoms with van der Waals surface area (Å²) < 4.78 is 4.77. The van der Waals surface area contributed by atoms with E-state index >= 15 is 0 Å². The number of ether oxygens (including phenoxy) is 1. The number of amides is 2. The molecule has 1 unspecified atom stereocenters. The molecule has 6 heteroatoms. The van der Waals surface area contributed by atoms with Gasteiger partial charge >= 0.3 is 0 Å². The van der Waals surface area contributed by atoms with Gasteiger partial charge < -0.3 is 20.7 Å². The Morgan fingerprint density at radius 1 is 1.42 bits per heavy atom. The van der Waals surface area contributed by atoms with Crippen molar-refractivity contribution in [3.05, 3.63) is 0 Å². The first-order valence-electron chi connectivity index (χ1n) is 6.88. The summed E-state index contributed by atoms with van der Waals surface area (Å²) in [4.78, 5) is 25.2. The van der Waals surface area contributed by atoms with Crippen LogP contribution in [0.4, 0.5) is 0 Å². The maximum absolute atomic E-state index is 11.9. The van der Waals surface area contributed by atoms with Gasteiger partial charge in [0.1, 0.15) is 6.61 Å². The minimum Gasteiger partial charge on any atom is -0.375 e. The highest BCUT2D eigenvalue weighted by molar-refractivity contribution is 5.78. The first-order chi connectivity index (χ1) is 9.06. The van der Waals surface area contributed by atoms with Gasteiger partial charge in [0.25, 0.3) is 0 Å². The zero-order chi connectivity index (χ0) is 14.3. The first-order valence-corrected chi connectivity index (χ1v) is 6.88. The molecule has 0 aliphatic carbocycles. The average molecular weight is 271 g/mol. The van der Waals surface area contributed by atoms with Crippen molar-refractivity contribution < 1.29 is 14.3 Å². The van der Waals surface area contributed by atoms with Crippen molar-refractivity contribution in [1.29, 1.82) is 0 Å². The Hall–Kier alpha value is -1.14. The van der Waals surface area contributed by atoms with E-state index in [-0.39, 0.29) is 30.5 Å². The Labute approximate surface area is 114 Å². The molecule has 1 atom stereocenters. The monoisotopic (exact) mass is 271 g/mol. The number of nitrogens with one attached hydrogen (secondary N) is 1. The lowest BCUT2D eigenvalue weighted by Crippen LogP contribution is -2.48. The summed E-state index contributed by atoms with van der Waals surface area (Å²) in [5.41, 5.74) is 5.79. The van der Waals surface area contributed by atoms with E-state index in [9.17, 15) is 9.59 Å². The lowest BCUT2D eigenvalue weighted by atomic mass is 10.0. The molecule has 0 aromatic heterocycles.